The van der Waals surface area contributed by atoms with Gasteiger partial charge in [0.15, 0.2) is 0 Å². The molecule has 2 aromatic carbocycles. The number of benzene rings is 2. The molecule has 0 fully saturated rings. The molecule has 0 saturated carbocycles. The molecule has 0 heterocycles. The van der Waals surface area contributed by atoms with Crippen LogP contribution < -0.4 is 4.43 Å². The van der Waals surface area contributed by atoms with Gasteiger partial charge in [0, 0.05) is 9.79 Å². The minimum atomic E-state index is -1.90. The summed E-state index contributed by atoms with van der Waals surface area (Å²) in [6, 6.07) is 6.70. The van der Waals surface area contributed by atoms with Crippen molar-refractivity contribution in [2.24, 2.45) is 0 Å². The zero-order valence-electron chi connectivity index (χ0n) is 17.5. The first-order valence-electron chi connectivity index (χ1n) is 9.08. The van der Waals surface area contributed by atoms with Crippen molar-refractivity contribution in [2.45, 2.75) is 76.4 Å². The van der Waals surface area contributed by atoms with Crippen molar-refractivity contribution in [3.05, 3.63) is 52.3 Å². The Hall–Kier alpha value is -1.26. The van der Waals surface area contributed by atoms with Gasteiger partial charge in [0.25, 0.3) is 8.32 Å². The summed E-state index contributed by atoms with van der Waals surface area (Å²) in [6.45, 7) is 20.0. The first kappa shape index (κ1) is 21.0. The Bertz CT molecular complexity index is 775. The smallest absolute Gasteiger partial charge is 0.250 e. The normalized spacial score (nSPS) is 12.4. The van der Waals surface area contributed by atoms with Gasteiger partial charge in [-0.1, -0.05) is 32.5 Å². The van der Waals surface area contributed by atoms with Crippen molar-refractivity contribution in [3.63, 3.8) is 0 Å². The van der Waals surface area contributed by atoms with Gasteiger partial charge in [0.2, 0.25) is 0 Å². The van der Waals surface area contributed by atoms with E-state index in [1.54, 1.807) is 11.8 Å². The van der Waals surface area contributed by atoms with Crippen LogP contribution in [0.1, 0.15) is 43.0 Å². The number of hydrogen-bond donors (Lipinski definition) is 0. The summed E-state index contributed by atoms with van der Waals surface area (Å²) in [5, 5.41) is 0.162. The first-order chi connectivity index (χ1) is 11.8. The standard InChI is InChI=1S/C22H31FOSSi/c1-14-16(3)21(25-19-12-10-18(23)11-13-19)17(4)15(2)20(14)24-26(8,9)22(5,6)7/h10-13H,1-9H3. The van der Waals surface area contributed by atoms with Gasteiger partial charge >= 0.3 is 0 Å². The fourth-order valence-corrected chi connectivity index (χ4v) is 4.82. The van der Waals surface area contributed by atoms with Crippen LogP contribution in [0.25, 0.3) is 0 Å². The molecule has 0 amide bonds. The molecule has 0 N–H and O–H groups in total. The first-order valence-corrected chi connectivity index (χ1v) is 12.8. The van der Waals surface area contributed by atoms with Crippen molar-refractivity contribution < 1.29 is 8.82 Å². The SMILES string of the molecule is Cc1c(C)c(Sc2ccc(F)cc2)c(C)c(C)c1O[Si](C)(C)C(C)(C)C. The van der Waals surface area contributed by atoms with Crippen molar-refractivity contribution in [2.75, 3.05) is 0 Å². The van der Waals surface area contributed by atoms with Gasteiger partial charge in [0.1, 0.15) is 11.6 Å². The van der Waals surface area contributed by atoms with Gasteiger partial charge in [-0.25, -0.2) is 4.39 Å². The molecule has 4 heteroatoms. The Kier molecular flexibility index (Phi) is 5.98. The molecule has 0 unspecified atom stereocenters. The fourth-order valence-electron chi connectivity index (χ4n) is 2.58. The summed E-state index contributed by atoms with van der Waals surface area (Å²) < 4.78 is 19.9. The van der Waals surface area contributed by atoms with E-state index < -0.39 is 8.32 Å². The van der Waals surface area contributed by atoms with Gasteiger partial charge in [0.05, 0.1) is 0 Å². The maximum Gasteiger partial charge on any atom is 0.250 e. The van der Waals surface area contributed by atoms with Crippen LogP contribution in [-0.4, -0.2) is 8.32 Å². The summed E-state index contributed by atoms with van der Waals surface area (Å²) in [7, 11) is -1.90. The van der Waals surface area contributed by atoms with E-state index in [1.807, 2.05) is 12.1 Å². The average Bonchev–Trinajstić information content (AvgIpc) is 2.54. The van der Waals surface area contributed by atoms with Crippen LogP contribution >= 0.6 is 11.8 Å². The average molecular weight is 391 g/mol. The minimum Gasteiger partial charge on any atom is -0.543 e. The maximum atomic E-state index is 13.2. The summed E-state index contributed by atoms with van der Waals surface area (Å²) in [4.78, 5) is 2.30. The van der Waals surface area contributed by atoms with E-state index in [2.05, 4.69) is 61.6 Å². The number of hydrogen-bond acceptors (Lipinski definition) is 2. The lowest BCUT2D eigenvalue weighted by Crippen LogP contribution is -2.44. The van der Waals surface area contributed by atoms with E-state index in [9.17, 15) is 4.39 Å². The molecule has 2 aromatic rings. The lowest BCUT2D eigenvalue weighted by atomic mass is 10.00. The van der Waals surface area contributed by atoms with Gasteiger partial charge in [-0.15, -0.1) is 0 Å². The van der Waals surface area contributed by atoms with Crippen molar-refractivity contribution in [3.8, 4) is 5.75 Å². The monoisotopic (exact) mass is 390 g/mol. The van der Waals surface area contributed by atoms with E-state index in [4.69, 9.17) is 4.43 Å². The van der Waals surface area contributed by atoms with E-state index in [-0.39, 0.29) is 10.9 Å². The molecular weight excluding hydrogens is 359 g/mol. The van der Waals surface area contributed by atoms with Crippen LogP contribution in [0, 0.1) is 33.5 Å². The Morgan fingerprint density at radius 3 is 1.73 bits per heavy atom. The highest BCUT2D eigenvalue weighted by Crippen LogP contribution is 2.44. The maximum absolute atomic E-state index is 13.2. The largest absolute Gasteiger partial charge is 0.543 e. The van der Waals surface area contributed by atoms with E-state index >= 15 is 0 Å². The molecule has 0 aliphatic heterocycles. The molecular formula is C22H31FOSSi. The van der Waals surface area contributed by atoms with Crippen LogP contribution in [-0.2, 0) is 0 Å². The highest BCUT2D eigenvalue weighted by atomic mass is 32.2. The predicted octanol–water partition coefficient (Wildman–Crippen LogP) is 7.59. The fraction of sp³-hybridized carbons (Fsp3) is 0.455. The van der Waals surface area contributed by atoms with E-state index in [0.717, 1.165) is 10.6 Å². The van der Waals surface area contributed by atoms with Crippen LogP contribution in [0.4, 0.5) is 4.39 Å². The third-order valence-corrected chi connectivity index (χ3v) is 11.3. The molecule has 0 aliphatic rings. The summed E-state index contributed by atoms with van der Waals surface area (Å²) in [6.07, 6.45) is 0. The van der Waals surface area contributed by atoms with Crippen LogP contribution in [0.5, 0.6) is 5.75 Å². The van der Waals surface area contributed by atoms with E-state index in [0.29, 0.717) is 0 Å². The molecule has 0 bridgehead atoms. The molecule has 2 rings (SSSR count). The summed E-state index contributed by atoms with van der Waals surface area (Å²) in [5.41, 5.74) is 4.91. The molecule has 0 radical (unpaired) electrons. The molecule has 0 saturated heterocycles. The highest BCUT2D eigenvalue weighted by molar-refractivity contribution is 7.99. The predicted molar refractivity (Wildman–Crippen MR) is 114 cm³/mol. The third kappa shape index (κ3) is 4.17. The molecule has 0 aromatic heterocycles. The van der Waals surface area contributed by atoms with Crippen molar-refractivity contribution >= 4 is 20.1 Å². The Morgan fingerprint density at radius 2 is 1.31 bits per heavy atom. The Morgan fingerprint density at radius 1 is 0.846 bits per heavy atom. The molecule has 0 aliphatic carbocycles. The second-order valence-corrected chi connectivity index (χ2v) is 14.4. The number of halogens is 1. The topological polar surface area (TPSA) is 9.23 Å². The van der Waals surface area contributed by atoms with Gasteiger partial charge in [-0.2, -0.15) is 0 Å². The Labute approximate surface area is 163 Å². The molecule has 1 nitrogen and oxygen atoms in total. The second-order valence-electron chi connectivity index (χ2n) is 8.58. The molecule has 26 heavy (non-hydrogen) atoms. The van der Waals surface area contributed by atoms with E-state index in [1.165, 1.54) is 39.3 Å². The van der Waals surface area contributed by atoms with Crippen molar-refractivity contribution in [1.82, 2.24) is 0 Å². The zero-order valence-corrected chi connectivity index (χ0v) is 19.3. The number of rotatable bonds is 4. The van der Waals surface area contributed by atoms with Crippen molar-refractivity contribution in [1.29, 1.82) is 0 Å². The quantitative estimate of drug-likeness (QED) is 0.497. The van der Waals surface area contributed by atoms with Crippen LogP contribution in [0.3, 0.4) is 0 Å². The minimum absolute atomic E-state index is 0.162. The summed E-state index contributed by atoms with van der Waals surface area (Å²) in [5.74, 6) is 0.850. The molecule has 0 spiro atoms. The van der Waals surface area contributed by atoms with Crippen LogP contribution in [0.2, 0.25) is 18.1 Å². The molecule has 0 atom stereocenters. The van der Waals surface area contributed by atoms with Gasteiger partial charge < -0.3 is 4.43 Å². The zero-order chi connectivity index (χ0) is 19.9. The van der Waals surface area contributed by atoms with Crippen LogP contribution in [0.15, 0.2) is 34.1 Å². The summed E-state index contributed by atoms with van der Waals surface area (Å²) >= 11 is 1.70. The lowest BCUT2D eigenvalue weighted by molar-refractivity contribution is 0.484. The molecule has 142 valence electrons. The Balaban J connectivity index is 2.48. The third-order valence-electron chi connectivity index (χ3n) is 5.68. The second kappa shape index (κ2) is 7.39. The van der Waals surface area contributed by atoms with Gasteiger partial charge in [-0.05, 0) is 92.3 Å². The lowest BCUT2D eigenvalue weighted by Gasteiger charge is -2.38. The highest BCUT2D eigenvalue weighted by Gasteiger charge is 2.39. The van der Waals surface area contributed by atoms with Gasteiger partial charge in [-0.3, -0.25) is 0 Å².